The van der Waals surface area contributed by atoms with Gasteiger partial charge in [-0.1, -0.05) is 42.5 Å². The van der Waals surface area contributed by atoms with Gasteiger partial charge in [0.15, 0.2) is 5.82 Å². The molecule has 0 unspecified atom stereocenters. The lowest BCUT2D eigenvalue weighted by atomic mass is 10.2. The van der Waals surface area contributed by atoms with Crippen LogP contribution >= 0.6 is 0 Å². The fraction of sp³-hybridized carbons (Fsp3) is 0.263. The molecule has 1 heterocycles. The van der Waals surface area contributed by atoms with Crippen molar-refractivity contribution < 1.29 is 4.74 Å². The Hall–Kier alpha value is -2.62. The topological polar surface area (TPSA) is 39.9 Å². The molecule has 3 aromatic rings. The number of hydrogen-bond donors (Lipinski definition) is 0. The van der Waals surface area contributed by atoms with Gasteiger partial charge in [-0.25, -0.2) is 9.67 Å². The summed E-state index contributed by atoms with van der Waals surface area (Å²) in [6.07, 6.45) is 0.166. The quantitative estimate of drug-likeness (QED) is 0.713. The summed E-state index contributed by atoms with van der Waals surface area (Å²) >= 11 is 0. The lowest BCUT2D eigenvalue weighted by Gasteiger charge is -2.11. The van der Waals surface area contributed by atoms with E-state index in [4.69, 9.17) is 4.74 Å². The van der Waals surface area contributed by atoms with E-state index in [2.05, 4.69) is 34.3 Å². The van der Waals surface area contributed by atoms with Crippen molar-refractivity contribution in [1.29, 1.82) is 0 Å². The molecule has 0 aliphatic rings. The SMILES string of the molecule is Cc1nc(-c2ccccc2)n(Cc2cccc(OC(C)C)c2)n1. The summed E-state index contributed by atoms with van der Waals surface area (Å²) in [6, 6.07) is 18.3. The van der Waals surface area contributed by atoms with Gasteiger partial charge in [0, 0.05) is 5.56 Å². The van der Waals surface area contributed by atoms with Crippen LogP contribution in [0.5, 0.6) is 5.75 Å². The van der Waals surface area contributed by atoms with E-state index in [1.54, 1.807) is 0 Å². The van der Waals surface area contributed by atoms with Crippen molar-refractivity contribution in [2.24, 2.45) is 0 Å². The summed E-state index contributed by atoms with van der Waals surface area (Å²) in [6.45, 7) is 6.64. The van der Waals surface area contributed by atoms with Crippen LogP contribution < -0.4 is 4.74 Å². The zero-order valence-corrected chi connectivity index (χ0v) is 13.7. The van der Waals surface area contributed by atoms with E-state index in [1.807, 2.05) is 55.8 Å². The lowest BCUT2D eigenvalue weighted by Crippen LogP contribution is -2.07. The number of ether oxygens (including phenoxy) is 1. The molecule has 0 atom stereocenters. The molecule has 0 aliphatic heterocycles. The Bertz CT molecular complexity index is 778. The van der Waals surface area contributed by atoms with Gasteiger partial charge in [-0.3, -0.25) is 0 Å². The van der Waals surface area contributed by atoms with E-state index >= 15 is 0 Å². The molecule has 0 aliphatic carbocycles. The Labute approximate surface area is 136 Å². The molecule has 0 saturated carbocycles. The maximum atomic E-state index is 5.77. The van der Waals surface area contributed by atoms with Gasteiger partial charge in [0.25, 0.3) is 0 Å². The van der Waals surface area contributed by atoms with Crippen LogP contribution in [0.25, 0.3) is 11.4 Å². The normalized spacial score (nSPS) is 11.0. The van der Waals surface area contributed by atoms with Gasteiger partial charge in [-0.05, 0) is 38.5 Å². The van der Waals surface area contributed by atoms with Gasteiger partial charge in [-0.2, -0.15) is 5.10 Å². The molecule has 0 saturated heterocycles. The fourth-order valence-corrected chi connectivity index (χ4v) is 2.53. The smallest absolute Gasteiger partial charge is 0.158 e. The van der Waals surface area contributed by atoms with Crippen molar-refractivity contribution in [3.63, 3.8) is 0 Å². The van der Waals surface area contributed by atoms with Crippen LogP contribution in [0, 0.1) is 6.92 Å². The minimum Gasteiger partial charge on any atom is -0.491 e. The Morgan fingerprint density at radius 3 is 2.57 bits per heavy atom. The largest absolute Gasteiger partial charge is 0.491 e. The first-order chi connectivity index (χ1) is 11.1. The summed E-state index contributed by atoms with van der Waals surface area (Å²) in [5, 5.41) is 4.54. The Kier molecular flexibility index (Phi) is 4.42. The van der Waals surface area contributed by atoms with Crippen LogP contribution in [0.4, 0.5) is 0 Å². The molecule has 0 radical (unpaired) electrons. The third kappa shape index (κ3) is 3.77. The maximum Gasteiger partial charge on any atom is 0.158 e. The van der Waals surface area contributed by atoms with Crippen LogP contribution in [0.2, 0.25) is 0 Å². The second-order valence-electron chi connectivity index (χ2n) is 5.82. The molecular weight excluding hydrogens is 286 g/mol. The highest BCUT2D eigenvalue weighted by Gasteiger charge is 2.10. The zero-order chi connectivity index (χ0) is 16.2. The predicted molar refractivity (Wildman–Crippen MR) is 91.5 cm³/mol. The number of hydrogen-bond acceptors (Lipinski definition) is 3. The molecule has 23 heavy (non-hydrogen) atoms. The standard InChI is InChI=1S/C19H21N3O/c1-14(2)23-18-11-7-8-16(12-18)13-22-19(20-15(3)21-22)17-9-5-4-6-10-17/h4-12,14H,13H2,1-3H3. The van der Waals surface area contributed by atoms with Gasteiger partial charge < -0.3 is 4.74 Å². The summed E-state index contributed by atoms with van der Waals surface area (Å²) in [5.74, 6) is 2.55. The molecule has 0 amide bonds. The summed E-state index contributed by atoms with van der Waals surface area (Å²) < 4.78 is 7.71. The molecule has 4 heteroatoms. The number of benzene rings is 2. The molecule has 118 valence electrons. The molecular formula is C19H21N3O. The van der Waals surface area contributed by atoms with Crippen LogP contribution in [-0.2, 0) is 6.54 Å². The van der Waals surface area contributed by atoms with E-state index in [-0.39, 0.29) is 6.10 Å². The average molecular weight is 307 g/mol. The number of nitrogens with zero attached hydrogens (tertiary/aromatic N) is 3. The monoisotopic (exact) mass is 307 g/mol. The lowest BCUT2D eigenvalue weighted by molar-refractivity contribution is 0.242. The van der Waals surface area contributed by atoms with Crippen molar-refractivity contribution in [2.75, 3.05) is 0 Å². The Morgan fingerprint density at radius 1 is 1.04 bits per heavy atom. The highest BCUT2D eigenvalue weighted by atomic mass is 16.5. The van der Waals surface area contributed by atoms with E-state index in [1.165, 1.54) is 0 Å². The number of rotatable bonds is 5. The molecule has 4 nitrogen and oxygen atoms in total. The van der Waals surface area contributed by atoms with Gasteiger partial charge in [-0.15, -0.1) is 0 Å². The third-order valence-corrected chi connectivity index (χ3v) is 3.41. The van der Waals surface area contributed by atoms with Crippen molar-refractivity contribution in [1.82, 2.24) is 14.8 Å². The van der Waals surface area contributed by atoms with Crippen LogP contribution in [0.3, 0.4) is 0 Å². The van der Waals surface area contributed by atoms with Gasteiger partial charge in [0.1, 0.15) is 11.6 Å². The molecule has 1 aromatic heterocycles. The van der Waals surface area contributed by atoms with E-state index < -0.39 is 0 Å². The second kappa shape index (κ2) is 6.65. The van der Waals surface area contributed by atoms with Gasteiger partial charge in [0.05, 0.1) is 12.6 Å². The highest BCUT2D eigenvalue weighted by molar-refractivity contribution is 5.55. The van der Waals surface area contributed by atoms with Crippen LogP contribution in [-0.4, -0.2) is 20.9 Å². The summed E-state index contributed by atoms with van der Waals surface area (Å²) in [4.78, 5) is 4.57. The van der Waals surface area contributed by atoms with Crippen molar-refractivity contribution >= 4 is 0 Å². The molecule has 3 rings (SSSR count). The highest BCUT2D eigenvalue weighted by Crippen LogP contribution is 2.20. The first-order valence-electron chi connectivity index (χ1n) is 7.84. The zero-order valence-electron chi connectivity index (χ0n) is 13.7. The number of aryl methyl sites for hydroxylation is 1. The Balaban J connectivity index is 1.89. The minimum absolute atomic E-state index is 0.166. The maximum absolute atomic E-state index is 5.77. The van der Waals surface area contributed by atoms with Crippen molar-refractivity contribution in [3.8, 4) is 17.1 Å². The predicted octanol–water partition coefficient (Wildman–Crippen LogP) is 4.09. The van der Waals surface area contributed by atoms with E-state index in [0.29, 0.717) is 6.54 Å². The van der Waals surface area contributed by atoms with Gasteiger partial charge >= 0.3 is 0 Å². The summed E-state index contributed by atoms with van der Waals surface area (Å²) in [5.41, 5.74) is 2.22. The molecule has 0 N–H and O–H groups in total. The third-order valence-electron chi connectivity index (χ3n) is 3.41. The van der Waals surface area contributed by atoms with Crippen molar-refractivity contribution in [2.45, 2.75) is 33.4 Å². The van der Waals surface area contributed by atoms with E-state index in [9.17, 15) is 0 Å². The fourth-order valence-electron chi connectivity index (χ4n) is 2.53. The first-order valence-corrected chi connectivity index (χ1v) is 7.84. The van der Waals surface area contributed by atoms with Crippen LogP contribution in [0.15, 0.2) is 54.6 Å². The number of aromatic nitrogens is 3. The summed E-state index contributed by atoms with van der Waals surface area (Å²) in [7, 11) is 0. The average Bonchev–Trinajstić information content (AvgIpc) is 2.88. The Morgan fingerprint density at radius 2 is 1.83 bits per heavy atom. The first kappa shape index (κ1) is 15.3. The second-order valence-corrected chi connectivity index (χ2v) is 5.82. The molecule has 2 aromatic carbocycles. The van der Waals surface area contributed by atoms with Crippen molar-refractivity contribution in [3.05, 3.63) is 66.0 Å². The molecule has 0 fully saturated rings. The molecule has 0 bridgehead atoms. The van der Waals surface area contributed by atoms with E-state index in [0.717, 1.165) is 28.5 Å². The van der Waals surface area contributed by atoms with Crippen LogP contribution in [0.1, 0.15) is 25.2 Å². The minimum atomic E-state index is 0.166. The van der Waals surface area contributed by atoms with Gasteiger partial charge in [0.2, 0.25) is 0 Å². The molecule has 0 spiro atoms.